The summed E-state index contributed by atoms with van der Waals surface area (Å²) < 4.78 is 0. The van der Waals surface area contributed by atoms with E-state index in [1.807, 2.05) is 0 Å². The van der Waals surface area contributed by atoms with Gasteiger partial charge in [-0.2, -0.15) is 0 Å². The molecule has 0 fully saturated rings. The highest BCUT2D eigenvalue weighted by Gasteiger charge is 2.16. The van der Waals surface area contributed by atoms with Crippen LogP contribution in [0.15, 0.2) is 0 Å². The van der Waals surface area contributed by atoms with Gasteiger partial charge in [-0.15, -0.1) is 0 Å². The summed E-state index contributed by atoms with van der Waals surface area (Å²) in [7, 11) is 0. The van der Waals surface area contributed by atoms with E-state index >= 15 is 0 Å². The van der Waals surface area contributed by atoms with Gasteiger partial charge in [0.25, 0.3) is 0 Å². The fourth-order valence-corrected chi connectivity index (χ4v) is 1.52. The van der Waals surface area contributed by atoms with Crippen LogP contribution >= 0.6 is 0 Å². The molecule has 67 valence electrons. The van der Waals surface area contributed by atoms with Crippen molar-refractivity contribution >= 4 is 0 Å². The molecule has 0 aromatic rings. The zero-order valence-corrected chi connectivity index (χ0v) is 8.72. The summed E-state index contributed by atoms with van der Waals surface area (Å²) in [6.45, 7) is 15.5. The Balaban J connectivity index is 3.73. The summed E-state index contributed by atoms with van der Waals surface area (Å²) in [4.78, 5) is 0. The number of hydrogen-bond acceptors (Lipinski definition) is 0. The van der Waals surface area contributed by atoms with Gasteiger partial charge in [0.1, 0.15) is 0 Å². The van der Waals surface area contributed by atoms with E-state index in [0.29, 0.717) is 5.92 Å². The molecule has 0 aliphatic rings. The lowest BCUT2D eigenvalue weighted by molar-refractivity contribution is 0.274. The second-order valence-corrected chi connectivity index (χ2v) is 4.44. The maximum absolute atomic E-state index is 4.07. The fourth-order valence-electron chi connectivity index (χ4n) is 1.52. The Bertz CT molecular complexity index is 92.2. The van der Waals surface area contributed by atoms with E-state index < -0.39 is 0 Å². The third-order valence-corrected chi connectivity index (χ3v) is 2.64. The van der Waals surface area contributed by atoms with Crippen LogP contribution in [0.4, 0.5) is 0 Å². The normalized spacial score (nSPS) is 17.5. The molecule has 0 heteroatoms. The minimum Gasteiger partial charge on any atom is -0.0628 e. The standard InChI is InChI=1S/C11H23/c1-8(2)7-10(5)11(6)9(3)4/h8-11H,3,7H2,1-2,4-6H3. The number of rotatable bonds is 4. The first-order valence-corrected chi connectivity index (χ1v) is 4.78. The molecule has 11 heavy (non-hydrogen) atoms. The lowest BCUT2D eigenvalue weighted by atomic mass is 9.82. The zero-order chi connectivity index (χ0) is 9.02. The molecule has 3 atom stereocenters. The van der Waals surface area contributed by atoms with Crippen molar-refractivity contribution in [3.8, 4) is 0 Å². The summed E-state index contributed by atoms with van der Waals surface area (Å²) in [5.74, 6) is 3.00. The minimum absolute atomic E-state index is 0.587. The van der Waals surface area contributed by atoms with Crippen molar-refractivity contribution in [2.75, 3.05) is 0 Å². The molecule has 0 aromatic heterocycles. The average Bonchev–Trinajstić information content (AvgIpc) is 1.84. The summed E-state index contributed by atoms with van der Waals surface area (Å²) in [5, 5.41) is 0. The van der Waals surface area contributed by atoms with Crippen molar-refractivity contribution in [2.24, 2.45) is 23.7 Å². The largest absolute Gasteiger partial charge is 0.0628 e. The van der Waals surface area contributed by atoms with E-state index in [-0.39, 0.29) is 0 Å². The maximum Gasteiger partial charge on any atom is -0.0391 e. The first-order chi connectivity index (χ1) is 4.95. The van der Waals surface area contributed by atoms with Gasteiger partial charge >= 0.3 is 0 Å². The highest BCUT2D eigenvalue weighted by Crippen LogP contribution is 2.25. The summed E-state index contributed by atoms with van der Waals surface area (Å²) in [5.41, 5.74) is 0. The van der Waals surface area contributed by atoms with E-state index in [1.54, 1.807) is 0 Å². The molecule has 0 aromatic carbocycles. The van der Waals surface area contributed by atoms with E-state index in [9.17, 15) is 0 Å². The third-order valence-electron chi connectivity index (χ3n) is 2.64. The Morgan fingerprint density at radius 2 is 1.45 bits per heavy atom. The van der Waals surface area contributed by atoms with Gasteiger partial charge in [-0.1, -0.05) is 41.5 Å². The second-order valence-electron chi connectivity index (χ2n) is 4.44. The molecule has 0 amide bonds. The van der Waals surface area contributed by atoms with Gasteiger partial charge in [-0.05, 0) is 30.1 Å². The van der Waals surface area contributed by atoms with E-state index in [0.717, 1.165) is 17.8 Å². The second kappa shape index (κ2) is 4.79. The first-order valence-electron chi connectivity index (χ1n) is 4.78. The Hall–Kier alpha value is 0. The molecular formula is C11H23. The molecule has 0 rings (SSSR count). The lowest BCUT2D eigenvalue weighted by Gasteiger charge is -2.24. The van der Waals surface area contributed by atoms with Crippen molar-refractivity contribution in [1.82, 2.24) is 0 Å². The van der Waals surface area contributed by atoms with Gasteiger partial charge in [0.2, 0.25) is 0 Å². The van der Waals surface area contributed by atoms with Crippen molar-refractivity contribution in [1.29, 1.82) is 0 Å². The minimum atomic E-state index is 0.587. The van der Waals surface area contributed by atoms with Crippen LogP contribution in [0, 0.1) is 30.6 Å². The van der Waals surface area contributed by atoms with Gasteiger partial charge in [0.15, 0.2) is 0 Å². The molecule has 3 unspecified atom stereocenters. The zero-order valence-electron chi connectivity index (χ0n) is 8.72. The van der Waals surface area contributed by atoms with Crippen molar-refractivity contribution in [3.63, 3.8) is 0 Å². The molecule has 0 heterocycles. The van der Waals surface area contributed by atoms with Gasteiger partial charge in [-0.25, -0.2) is 0 Å². The fraction of sp³-hybridized carbons (Fsp3) is 0.909. The van der Waals surface area contributed by atoms with Crippen LogP contribution in [0.1, 0.15) is 41.0 Å². The molecule has 0 nitrogen and oxygen atoms in total. The molecule has 1 radical (unpaired) electrons. The SMILES string of the molecule is [CH2]C(C)C(C)C(C)CC(C)C. The molecule has 0 saturated carbocycles. The summed E-state index contributed by atoms with van der Waals surface area (Å²) in [6.07, 6.45) is 1.33. The Morgan fingerprint density at radius 3 is 1.73 bits per heavy atom. The molecule has 0 aliphatic carbocycles. The summed E-state index contributed by atoms with van der Waals surface area (Å²) in [6, 6.07) is 0. The highest BCUT2D eigenvalue weighted by molar-refractivity contribution is 4.70. The van der Waals surface area contributed by atoms with Crippen LogP contribution in [0.5, 0.6) is 0 Å². The quantitative estimate of drug-likeness (QED) is 0.579. The van der Waals surface area contributed by atoms with Gasteiger partial charge < -0.3 is 0 Å². The molecular weight excluding hydrogens is 132 g/mol. The van der Waals surface area contributed by atoms with Crippen molar-refractivity contribution in [3.05, 3.63) is 6.92 Å². The highest BCUT2D eigenvalue weighted by atomic mass is 14.2. The Kier molecular flexibility index (Phi) is 4.79. The smallest absolute Gasteiger partial charge is 0.0391 e. The van der Waals surface area contributed by atoms with Gasteiger partial charge in [-0.3, -0.25) is 0 Å². The van der Waals surface area contributed by atoms with Gasteiger partial charge in [0, 0.05) is 0 Å². The van der Waals surface area contributed by atoms with Crippen molar-refractivity contribution < 1.29 is 0 Å². The molecule has 0 aliphatic heterocycles. The Morgan fingerprint density at radius 1 is 1.00 bits per heavy atom. The van der Waals surface area contributed by atoms with Crippen LogP contribution in [0.3, 0.4) is 0 Å². The van der Waals surface area contributed by atoms with E-state index in [1.165, 1.54) is 6.42 Å². The van der Waals surface area contributed by atoms with Crippen LogP contribution in [0.25, 0.3) is 0 Å². The van der Waals surface area contributed by atoms with Gasteiger partial charge in [0.05, 0.1) is 0 Å². The predicted octanol–water partition coefficient (Wildman–Crippen LogP) is 3.77. The van der Waals surface area contributed by atoms with Crippen LogP contribution < -0.4 is 0 Å². The van der Waals surface area contributed by atoms with Crippen LogP contribution in [-0.2, 0) is 0 Å². The Labute approximate surface area is 72.4 Å². The maximum atomic E-state index is 4.07. The van der Waals surface area contributed by atoms with E-state index in [2.05, 4.69) is 41.5 Å². The average molecular weight is 155 g/mol. The van der Waals surface area contributed by atoms with Crippen LogP contribution in [-0.4, -0.2) is 0 Å². The predicted molar refractivity (Wildman–Crippen MR) is 52.3 cm³/mol. The lowest BCUT2D eigenvalue weighted by Crippen LogP contribution is -2.16. The molecule has 0 bridgehead atoms. The topological polar surface area (TPSA) is 0 Å². The first kappa shape index (κ1) is 11.0. The molecule has 0 saturated heterocycles. The van der Waals surface area contributed by atoms with Crippen molar-refractivity contribution in [2.45, 2.75) is 41.0 Å². The number of hydrogen-bond donors (Lipinski definition) is 0. The molecule has 0 N–H and O–H groups in total. The third kappa shape index (κ3) is 4.44. The summed E-state index contributed by atoms with van der Waals surface area (Å²) >= 11 is 0. The van der Waals surface area contributed by atoms with E-state index in [4.69, 9.17) is 0 Å². The monoisotopic (exact) mass is 155 g/mol. The van der Waals surface area contributed by atoms with Crippen LogP contribution in [0.2, 0.25) is 0 Å². The molecule has 0 spiro atoms.